The third kappa shape index (κ3) is 4.19. The number of hydrogen-bond donors (Lipinski definition) is 0. The van der Waals surface area contributed by atoms with Gasteiger partial charge >= 0.3 is 29.6 Å². The van der Waals surface area contributed by atoms with Gasteiger partial charge < -0.3 is 9.29 Å². The molecule has 0 bridgehead atoms. The SMILES string of the molecule is CC(C)Oc1ccc2cc(S(=O)(=O)[O-])ccc2c1.[Na+]. The fourth-order valence-corrected chi connectivity index (χ4v) is 2.21. The average molecular weight is 288 g/mol. The summed E-state index contributed by atoms with van der Waals surface area (Å²) in [5.74, 6) is 0.718. The monoisotopic (exact) mass is 288 g/mol. The molecule has 6 heteroatoms. The van der Waals surface area contributed by atoms with Crippen molar-refractivity contribution in [3.05, 3.63) is 36.4 Å². The van der Waals surface area contributed by atoms with Crippen LogP contribution >= 0.6 is 0 Å². The quantitative estimate of drug-likeness (QED) is 0.566. The summed E-state index contributed by atoms with van der Waals surface area (Å²) in [6, 6.07) is 9.59. The molecule has 2 rings (SSSR count). The van der Waals surface area contributed by atoms with Crippen LogP contribution < -0.4 is 34.3 Å². The maximum absolute atomic E-state index is 10.9. The third-order valence-corrected chi connectivity index (χ3v) is 3.27. The van der Waals surface area contributed by atoms with E-state index in [-0.39, 0.29) is 40.6 Å². The Bertz CT molecular complexity index is 680. The van der Waals surface area contributed by atoms with Gasteiger partial charge in [0.15, 0.2) is 0 Å². The Morgan fingerprint density at radius 2 is 1.63 bits per heavy atom. The fourth-order valence-electron chi connectivity index (χ4n) is 1.70. The number of fused-ring (bicyclic) bond motifs is 1. The molecule has 0 saturated carbocycles. The van der Waals surface area contributed by atoms with Crippen LogP contribution in [0.4, 0.5) is 0 Å². The summed E-state index contributed by atoms with van der Waals surface area (Å²) in [5, 5.41) is 1.53. The van der Waals surface area contributed by atoms with Crippen LogP contribution in [0.2, 0.25) is 0 Å². The molecular formula is C13H13NaO4S. The first-order valence-corrected chi connectivity index (χ1v) is 6.93. The van der Waals surface area contributed by atoms with Crippen molar-refractivity contribution < 1.29 is 47.3 Å². The first-order chi connectivity index (χ1) is 8.36. The molecule has 0 fully saturated rings. The molecule has 0 aliphatic heterocycles. The van der Waals surface area contributed by atoms with Gasteiger partial charge in [-0.1, -0.05) is 12.1 Å². The van der Waals surface area contributed by atoms with Crippen LogP contribution in [0, 0.1) is 0 Å². The maximum atomic E-state index is 10.9. The molecule has 0 N–H and O–H groups in total. The van der Waals surface area contributed by atoms with Crippen LogP contribution in [0.15, 0.2) is 41.3 Å². The van der Waals surface area contributed by atoms with E-state index >= 15 is 0 Å². The summed E-state index contributed by atoms with van der Waals surface area (Å²) in [6.07, 6.45) is 0.0729. The van der Waals surface area contributed by atoms with E-state index < -0.39 is 10.1 Å². The molecule has 2 aromatic carbocycles. The average Bonchev–Trinajstić information content (AvgIpc) is 2.26. The van der Waals surface area contributed by atoms with Crippen molar-refractivity contribution in [2.24, 2.45) is 0 Å². The van der Waals surface area contributed by atoms with Gasteiger partial charge in [0.2, 0.25) is 0 Å². The van der Waals surface area contributed by atoms with E-state index in [0.717, 1.165) is 11.1 Å². The van der Waals surface area contributed by atoms with E-state index in [1.807, 2.05) is 19.9 Å². The normalized spacial score (nSPS) is 11.4. The molecule has 0 saturated heterocycles. The van der Waals surface area contributed by atoms with E-state index in [0.29, 0.717) is 5.39 Å². The number of benzene rings is 2. The van der Waals surface area contributed by atoms with Gasteiger partial charge in [0.05, 0.1) is 11.0 Å². The predicted octanol–water partition coefficient (Wildman–Crippen LogP) is -0.465. The van der Waals surface area contributed by atoms with Crippen molar-refractivity contribution >= 4 is 20.9 Å². The molecule has 0 aromatic heterocycles. The van der Waals surface area contributed by atoms with Gasteiger partial charge in [0.25, 0.3) is 0 Å². The summed E-state index contributed by atoms with van der Waals surface area (Å²) in [4.78, 5) is -0.215. The molecule has 96 valence electrons. The largest absolute Gasteiger partial charge is 1.00 e. The Labute approximate surface area is 134 Å². The van der Waals surface area contributed by atoms with Crippen molar-refractivity contribution in [2.75, 3.05) is 0 Å². The van der Waals surface area contributed by atoms with E-state index in [9.17, 15) is 13.0 Å². The van der Waals surface area contributed by atoms with Crippen LogP contribution in [-0.4, -0.2) is 19.1 Å². The molecule has 19 heavy (non-hydrogen) atoms. The van der Waals surface area contributed by atoms with Gasteiger partial charge in [-0.3, -0.25) is 0 Å². The Morgan fingerprint density at radius 1 is 1.05 bits per heavy atom. The Kier molecular flexibility index (Phi) is 5.41. The van der Waals surface area contributed by atoms with Crippen molar-refractivity contribution in [1.29, 1.82) is 0 Å². The Hall–Kier alpha value is -0.590. The summed E-state index contributed by atoms with van der Waals surface area (Å²) >= 11 is 0. The number of ether oxygens (including phenoxy) is 1. The van der Waals surface area contributed by atoms with Gasteiger partial charge in [-0.25, -0.2) is 8.42 Å². The first-order valence-electron chi connectivity index (χ1n) is 5.52. The topological polar surface area (TPSA) is 66.4 Å². The van der Waals surface area contributed by atoms with E-state index in [4.69, 9.17) is 4.74 Å². The van der Waals surface area contributed by atoms with Gasteiger partial charge in [-0.15, -0.1) is 0 Å². The third-order valence-electron chi connectivity index (χ3n) is 2.44. The van der Waals surface area contributed by atoms with Crippen molar-refractivity contribution in [1.82, 2.24) is 0 Å². The van der Waals surface area contributed by atoms with Crippen molar-refractivity contribution in [2.45, 2.75) is 24.8 Å². The molecule has 0 radical (unpaired) electrons. The minimum Gasteiger partial charge on any atom is -0.744 e. The number of hydrogen-bond acceptors (Lipinski definition) is 4. The molecule has 0 atom stereocenters. The van der Waals surface area contributed by atoms with E-state index in [1.54, 1.807) is 18.2 Å². The summed E-state index contributed by atoms with van der Waals surface area (Å²) in [5.41, 5.74) is 0. The fraction of sp³-hybridized carbons (Fsp3) is 0.231. The van der Waals surface area contributed by atoms with Crippen LogP contribution in [0.3, 0.4) is 0 Å². The van der Waals surface area contributed by atoms with E-state index in [1.165, 1.54) is 12.1 Å². The second-order valence-corrected chi connectivity index (χ2v) is 5.67. The Balaban J connectivity index is 0.00000180. The first kappa shape index (κ1) is 16.5. The van der Waals surface area contributed by atoms with Crippen LogP contribution in [0.25, 0.3) is 10.8 Å². The number of rotatable bonds is 3. The van der Waals surface area contributed by atoms with Crippen molar-refractivity contribution in [3.63, 3.8) is 0 Å². The molecule has 2 aromatic rings. The second-order valence-electron chi connectivity index (χ2n) is 4.29. The molecule has 0 spiro atoms. The standard InChI is InChI=1S/C13H14O4S.Na/c1-9(2)17-12-5-3-11-8-13(18(14,15)16)6-4-10(11)7-12;/h3-9H,1-2H3,(H,14,15,16);/q;+1/p-1. The molecule has 0 amide bonds. The molecule has 4 nitrogen and oxygen atoms in total. The zero-order valence-corrected chi connectivity index (χ0v) is 13.9. The minimum atomic E-state index is -4.40. The molecule has 0 aliphatic rings. The van der Waals surface area contributed by atoms with Gasteiger partial charge in [0, 0.05) is 0 Å². The molecular weight excluding hydrogens is 275 g/mol. The smallest absolute Gasteiger partial charge is 0.744 e. The van der Waals surface area contributed by atoms with Crippen LogP contribution in [0.5, 0.6) is 5.75 Å². The van der Waals surface area contributed by atoms with Crippen LogP contribution in [-0.2, 0) is 10.1 Å². The summed E-state index contributed by atoms with van der Waals surface area (Å²) in [6.45, 7) is 3.86. The van der Waals surface area contributed by atoms with Crippen LogP contribution in [0.1, 0.15) is 13.8 Å². The van der Waals surface area contributed by atoms with Gasteiger partial charge in [-0.05, 0) is 48.9 Å². The van der Waals surface area contributed by atoms with Crippen molar-refractivity contribution in [3.8, 4) is 5.75 Å². The van der Waals surface area contributed by atoms with Gasteiger partial charge in [-0.2, -0.15) is 0 Å². The zero-order valence-electron chi connectivity index (χ0n) is 11.1. The molecule has 0 heterocycles. The molecule has 0 aliphatic carbocycles. The van der Waals surface area contributed by atoms with E-state index in [2.05, 4.69) is 0 Å². The molecule has 0 unspecified atom stereocenters. The zero-order chi connectivity index (χ0) is 13.3. The predicted molar refractivity (Wildman–Crippen MR) is 67.7 cm³/mol. The van der Waals surface area contributed by atoms with Gasteiger partial charge in [0.1, 0.15) is 15.9 Å². The summed E-state index contributed by atoms with van der Waals surface area (Å²) in [7, 11) is -4.40. The maximum Gasteiger partial charge on any atom is 1.00 e. The summed E-state index contributed by atoms with van der Waals surface area (Å²) < 4.78 is 38.3. The minimum absolute atomic E-state index is 0. The Morgan fingerprint density at radius 3 is 2.21 bits per heavy atom. The second kappa shape index (κ2) is 6.24.